The van der Waals surface area contributed by atoms with Gasteiger partial charge in [-0.3, -0.25) is 4.79 Å². The molecule has 0 aromatic heterocycles. The highest BCUT2D eigenvalue weighted by molar-refractivity contribution is 5.89. The fraction of sp³-hybridized carbons (Fsp3) is 0.609. The van der Waals surface area contributed by atoms with E-state index in [4.69, 9.17) is 33.2 Å². The molecular weight excluding hydrogens is 774 g/mol. The van der Waals surface area contributed by atoms with Crippen molar-refractivity contribution >= 4 is 24.0 Å². The summed E-state index contributed by atoms with van der Waals surface area (Å²) >= 11 is 0. The maximum atomic E-state index is 14.4. The Morgan fingerprint density at radius 2 is 1.55 bits per heavy atom. The topological polar surface area (TPSA) is 185 Å². The van der Waals surface area contributed by atoms with Crippen LogP contribution in [0.1, 0.15) is 110 Å². The van der Waals surface area contributed by atoms with Gasteiger partial charge in [0.05, 0.1) is 30.2 Å². The van der Waals surface area contributed by atoms with E-state index in [9.17, 15) is 29.4 Å². The van der Waals surface area contributed by atoms with Crippen LogP contribution in [0.3, 0.4) is 0 Å². The molecule has 2 aromatic rings. The van der Waals surface area contributed by atoms with Gasteiger partial charge < -0.3 is 48.7 Å². The third kappa shape index (κ3) is 7.42. The quantitative estimate of drug-likeness (QED) is 0.163. The summed E-state index contributed by atoms with van der Waals surface area (Å²) in [7, 11) is 0. The van der Waals surface area contributed by atoms with E-state index in [1.165, 1.54) is 6.92 Å². The predicted octanol–water partition coefficient (Wildman–Crippen LogP) is 5.88. The van der Waals surface area contributed by atoms with Crippen molar-refractivity contribution in [2.45, 2.75) is 154 Å². The van der Waals surface area contributed by atoms with Gasteiger partial charge in [-0.2, -0.15) is 0 Å². The molecule has 14 heteroatoms. The summed E-state index contributed by atoms with van der Waals surface area (Å²) in [4.78, 5) is 54.8. The Kier molecular flexibility index (Phi) is 11.1. The van der Waals surface area contributed by atoms with Crippen LogP contribution in [0.15, 0.2) is 71.8 Å². The van der Waals surface area contributed by atoms with Gasteiger partial charge in [0.25, 0.3) is 0 Å². The third-order valence-corrected chi connectivity index (χ3v) is 13.4. The van der Waals surface area contributed by atoms with Gasteiger partial charge in [-0.05, 0) is 83.2 Å². The Balaban J connectivity index is 1.37. The van der Waals surface area contributed by atoms with E-state index in [-0.39, 0.29) is 18.6 Å². The summed E-state index contributed by atoms with van der Waals surface area (Å²) < 4.78 is 44.5. The molecule has 0 radical (unpaired) electrons. The number of alkyl carbamates (subject to hydrolysis) is 1. The second-order valence-corrected chi connectivity index (χ2v) is 19.3. The molecule has 2 aliphatic heterocycles. The zero-order valence-electron chi connectivity index (χ0n) is 36.1. The monoisotopic (exact) mass is 833 g/mol. The van der Waals surface area contributed by atoms with Crippen molar-refractivity contribution in [3.05, 3.63) is 82.9 Å². The zero-order chi connectivity index (χ0) is 43.8. The zero-order valence-corrected chi connectivity index (χ0v) is 36.1. The van der Waals surface area contributed by atoms with Crippen LogP contribution < -0.4 is 5.32 Å². The Morgan fingerprint density at radius 3 is 2.13 bits per heavy atom. The highest BCUT2D eigenvalue weighted by Crippen LogP contribution is 2.67. The smallest absolute Gasteiger partial charge is 0.408 e. The van der Waals surface area contributed by atoms with Gasteiger partial charge in [0, 0.05) is 24.2 Å². The summed E-state index contributed by atoms with van der Waals surface area (Å²) in [6, 6.07) is 15.6. The van der Waals surface area contributed by atoms with E-state index in [2.05, 4.69) is 5.32 Å². The second kappa shape index (κ2) is 15.2. The standard InChI is InChI=1S/C46H59NO13/c1-25-29(55-39(51)33(49)32(27-17-13-11-14-18-27)47-40(52)60-41(3,4)5)23-46(53)37(56-38(50)28-19-15-12-16-20-28)35-44(10,22-21-30-45(35,24-54-30)57-26(2)48)36-34(31(25)42(46,6)7)58-43(8,9)59-36/h11-20,29-30,32-37,49,53H,21-24H2,1-10H3,(H,47,52)/t29-,30+,32-,33+,34?,35?,36?,37?,44+,45-,46+/m0/s1. The Hall–Kier alpha value is -4.34. The average molecular weight is 834 g/mol. The molecule has 3 aliphatic carbocycles. The summed E-state index contributed by atoms with van der Waals surface area (Å²) in [5.74, 6) is -4.44. The average Bonchev–Trinajstić information content (AvgIpc) is 3.48. The number of amides is 1. The lowest BCUT2D eigenvalue weighted by Gasteiger charge is -2.68. The van der Waals surface area contributed by atoms with Crippen LogP contribution in [-0.4, -0.2) is 100 Å². The second-order valence-electron chi connectivity index (χ2n) is 19.3. The van der Waals surface area contributed by atoms with E-state index in [1.807, 2.05) is 20.8 Å². The van der Waals surface area contributed by atoms with Crippen molar-refractivity contribution < 1.29 is 62.5 Å². The van der Waals surface area contributed by atoms with E-state index < -0.39 is 106 Å². The van der Waals surface area contributed by atoms with Gasteiger partial charge in [0.1, 0.15) is 35.6 Å². The lowest BCUT2D eigenvalue weighted by Crippen LogP contribution is -2.79. The molecule has 2 bridgehead atoms. The summed E-state index contributed by atoms with van der Waals surface area (Å²) in [6.45, 7) is 17.5. The molecule has 2 saturated heterocycles. The third-order valence-electron chi connectivity index (χ3n) is 13.4. The number of fused-ring (bicyclic) bond motifs is 8. The maximum absolute atomic E-state index is 14.4. The molecule has 2 aromatic carbocycles. The number of hydrogen-bond donors (Lipinski definition) is 3. The van der Waals surface area contributed by atoms with Crippen molar-refractivity contribution in [2.75, 3.05) is 6.61 Å². The van der Waals surface area contributed by atoms with E-state index in [0.717, 1.165) is 0 Å². The first kappa shape index (κ1) is 43.7. The number of esters is 3. The molecule has 2 saturated carbocycles. The number of rotatable bonds is 8. The van der Waals surface area contributed by atoms with E-state index in [1.54, 1.807) is 102 Å². The van der Waals surface area contributed by atoms with Crippen LogP contribution in [0.2, 0.25) is 0 Å². The van der Waals surface area contributed by atoms with Crippen LogP contribution in [0.5, 0.6) is 0 Å². The SMILES string of the molecule is CC(=O)O[C@@]12CO[C@@H]1CC[C@@]1(C)C3OC(C)(C)OC3C3=C(C)[C@@H](OC(=O)[C@H](O)[C@@H](NC(=O)OC(C)(C)C)c4ccccc4)C[C@@](O)(C(OC(=O)c4ccccc4)C12)C3(C)C. The number of carbonyl (C=O) groups is 4. The van der Waals surface area contributed by atoms with E-state index in [0.29, 0.717) is 29.6 Å². The molecule has 4 fully saturated rings. The van der Waals surface area contributed by atoms with Crippen molar-refractivity contribution in [3.8, 4) is 0 Å². The van der Waals surface area contributed by atoms with Gasteiger partial charge >= 0.3 is 24.0 Å². The number of benzene rings is 2. The molecule has 14 nitrogen and oxygen atoms in total. The number of carbonyl (C=O) groups excluding carboxylic acids is 4. The molecule has 0 spiro atoms. The first-order chi connectivity index (χ1) is 27.9. The first-order valence-corrected chi connectivity index (χ1v) is 20.7. The normalized spacial score (nSPS) is 34.7. The molecule has 11 atom stereocenters. The minimum Gasteiger partial charge on any atom is -0.456 e. The van der Waals surface area contributed by atoms with Crippen LogP contribution in [-0.2, 0) is 42.7 Å². The largest absolute Gasteiger partial charge is 0.456 e. The first-order valence-electron chi connectivity index (χ1n) is 20.7. The summed E-state index contributed by atoms with van der Waals surface area (Å²) in [6.07, 6.45) is -6.88. The minimum absolute atomic E-state index is 0.0209. The van der Waals surface area contributed by atoms with Crippen molar-refractivity contribution in [2.24, 2.45) is 16.7 Å². The van der Waals surface area contributed by atoms with Gasteiger partial charge in [-0.15, -0.1) is 0 Å². The Labute approximate surface area is 351 Å². The fourth-order valence-corrected chi connectivity index (χ4v) is 10.7. The van der Waals surface area contributed by atoms with Crippen LogP contribution in [0.25, 0.3) is 0 Å². The van der Waals surface area contributed by atoms with Gasteiger partial charge in [-0.1, -0.05) is 69.3 Å². The van der Waals surface area contributed by atoms with Crippen LogP contribution >= 0.6 is 0 Å². The molecule has 7 rings (SSSR count). The van der Waals surface area contributed by atoms with Crippen molar-refractivity contribution in [1.82, 2.24) is 5.32 Å². The molecule has 2 heterocycles. The summed E-state index contributed by atoms with van der Waals surface area (Å²) in [5.41, 5.74) is -4.70. The fourth-order valence-electron chi connectivity index (χ4n) is 10.7. The van der Waals surface area contributed by atoms with Crippen LogP contribution in [0.4, 0.5) is 4.79 Å². The highest BCUT2D eigenvalue weighted by atomic mass is 16.8. The lowest BCUT2D eigenvalue weighted by atomic mass is 9.45. The molecule has 60 heavy (non-hydrogen) atoms. The molecule has 1 amide bonds. The minimum atomic E-state index is -2.05. The van der Waals surface area contributed by atoms with Gasteiger partial charge in [-0.25, -0.2) is 14.4 Å². The van der Waals surface area contributed by atoms with Gasteiger partial charge in [0.2, 0.25) is 0 Å². The maximum Gasteiger partial charge on any atom is 0.408 e. The van der Waals surface area contributed by atoms with Crippen molar-refractivity contribution in [3.63, 3.8) is 0 Å². The highest BCUT2D eigenvalue weighted by Gasteiger charge is 2.77. The number of nitrogens with one attached hydrogen (secondary N) is 1. The van der Waals surface area contributed by atoms with E-state index >= 15 is 0 Å². The Morgan fingerprint density at radius 1 is 0.917 bits per heavy atom. The number of ether oxygens (including phenoxy) is 7. The molecule has 5 aliphatic rings. The number of aliphatic hydroxyl groups is 2. The summed E-state index contributed by atoms with van der Waals surface area (Å²) in [5, 5.41) is 28.2. The number of hydrogen-bond acceptors (Lipinski definition) is 13. The Bertz CT molecular complexity index is 2030. The lowest BCUT2D eigenvalue weighted by molar-refractivity contribution is -0.346. The van der Waals surface area contributed by atoms with Gasteiger partial charge in [0.15, 0.2) is 17.5 Å². The molecule has 3 N–H and O–H groups in total. The predicted molar refractivity (Wildman–Crippen MR) is 215 cm³/mol. The van der Waals surface area contributed by atoms with Crippen LogP contribution in [0, 0.1) is 16.7 Å². The number of aliphatic hydroxyl groups excluding tert-OH is 1. The molecule has 4 unspecified atom stereocenters. The molecular formula is C46H59NO13. The molecule has 326 valence electrons. The van der Waals surface area contributed by atoms with Crippen molar-refractivity contribution in [1.29, 1.82) is 0 Å².